The van der Waals surface area contributed by atoms with E-state index in [1.807, 2.05) is 0 Å². The molecule has 23 heavy (non-hydrogen) atoms. The quantitative estimate of drug-likeness (QED) is 0.286. The number of aromatic hydroxyl groups is 2. The van der Waals surface area contributed by atoms with Gasteiger partial charge < -0.3 is 31.2 Å². The largest absolute Gasteiger partial charge is 0.573 e. The molecule has 1 aromatic rings. The Morgan fingerprint density at radius 2 is 1.09 bits per heavy atom. The van der Waals surface area contributed by atoms with Crippen LogP contribution in [0.5, 0.6) is 23.0 Å². The Hall–Kier alpha value is -2.54. The van der Waals surface area contributed by atoms with Gasteiger partial charge in [-0.2, -0.15) is 22.0 Å². The number of benzene rings is 1. The van der Waals surface area contributed by atoms with Gasteiger partial charge in [0.1, 0.15) is 11.4 Å². The third-order valence-electron chi connectivity index (χ3n) is 2.21. The minimum Gasteiger partial charge on any atom is -0.503 e. The molecule has 14 heteroatoms. The van der Waals surface area contributed by atoms with Gasteiger partial charge in [0.2, 0.25) is 5.75 Å². The van der Waals surface area contributed by atoms with Gasteiger partial charge in [0.25, 0.3) is 0 Å². The van der Waals surface area contributed by atoms with Crippen molar-refractivity contribution in [2.75, 3.05) is 11.5 Å². The Kier molecular flexibility index (Phi) is 4.24. The summed E-state index contributed by atoms with van der Waals surface area (Å²) in [6, 6.07) is 0. The van der Waals surface area contributed by atoms with Crippen molar-refractivity contribution in [3.8, 4) is 23.0 Å². The third-order valence-corrected chi connectivity index (χ3v) is 2.21. The Labute approximate surface area is 120 Å². The van der Waals surface area contributed by atoms with Crippen molar-refractivity contribution < 1.29 is 54.8 Å². The summed E-state index contributed by atoms with van der Waals surface area (Å²) in [5.74, 6) is -7.18. The zero-order chi connectivity index (χ0) is 18.4. The van der Waals surface area contributed by atoms with Crippen molar-refractivity contribution in [3.05, 3.63) is 0 Å². The zero-order valence-corrected chi connectivity index (χ0v) is 10.4. The summed E-state index contributed by atoms with van der Waals surface area (Å²) in [7, 11) is 0. The van der Waals surface area contributed by atoms with E-state index in [9.17, 15) is 45.3 Å². The number of halogens is 8. The lowest BCUT2D eigenvalue weighted by Crippen LogP contribution is -2.42. The summed E-state index contributed by atoms with van der Waals surface area (Å²) in [6.45, 7) is 0. The lowest BCUT2D eigenvalue weighted by molar-refractivity contribution is -0.360. The maximum Gasteiger partial charge on any atom is 0.573 e. The molecule has 1 aromatic carbocycles. The third kappa shape index (κ3) is 3.62. The summed E-state index contributed by atoms with van der Waals surface area (Å²) >= 11 is 0. The summed E-state index contributed by atoms with van der Waals surface area (Å²) in [5, 5.41) is 18.5. The number of alkyl halides is 8. The highest BCUT2D eigenvalue weighted by molar-refractivity contribution is 5.83. The smallest absolute Gasteiger partial charge is 0.503 e. The minimum atomic E-state index is -6.24. The monoisotopic (exact) mass is 358 g/mol. The standard InChI is InChI=1S/C9H6F8N2O4/c10-7(11,12)8(13,14)22-5-1(18)3(20)6(4(21)2(5)19)23-9(15,16)17/h20-21H,18-19H2. The van der Waals surface area contributed by atoms with E-state index in [0.29, 0.717) is 0 Å². The summed E-state index contributed by atoms with van der Waals surface area (Å²) in [4.78, 5) is 0. The van der Waals surface area contributed by atoms with Gasteiger partial charge in [0.15, 0.2) is 17.2 Å². The molecule has 0 saturated carbocycles. The van der Waals surface area contributed by atoms with Crippen LogP contribution < -0.4 is 20.9 Å². The molecular weight excluding hydrogens is 352 g/mol. The van der Waals surface area contributed by atoms with E-state index < -0.39 is 53.0 Å². The highest BCUT2D eigenvalue weighted by Crippen LogP contribution is 2.54. The predicted octanol–water partition coefficient (Wildman–Crippen LogP) is 2.69. The van der Waals surface area contributed by atoms with Crippen LogP contribution in [0.25, 0.3) is 0 Å². The molecule has 0 fully saturated rings. The second-order valence-corrected chi connectivity index (χ2v) is 3.85. The number of hydrogen-bond acceptors (Lipinski definition) is 6. The minimum absolute atomic E-state index is 1.54. The lowest BCUT2D eigenvalue weighted by atomic mass is 10.2. The fourth-order valence-electron chi connectivity index (χ4n) is 1.23. The van der Waals surface area contributed by atoms with E-state index in [1.54, 1.807) is 0 Å². The summed E-state index contributed by atoms with van der Waals surface area (Å²) < 4.78 is 104. The van der Waals surface area contributed by atoms with Gasteiger partial charge in [-0.05, 0) is 0 Å². The van der Waals surface area contributed by atoms with E-state index in [4.69, 9.17) is 11.5 Å². The Balaban J connectivity index is 3.44. The molecule has 0 aliphatic heterocycles. The SMILES string of the molecule is Nc1c(O)c(OC(F)(F)F)c(O)c(N)c1OC(F)(F)C(F)(F)F. The fraction of sp³-hybridized carbons (Fsp3) is 0.333. The summed E-state index contributed by atoms with van der Waals surface area (Å²) in [6.07, 6.45) is -17.6. The first-order valence-electron chi connectivity index (χ1n) is 5.10. The number of anilines is 2. The van der Waals surface area contributed by atoms with Gasteiger partial charge in [-0.3, -0.25) is 0 Å². The van der Waals surface area contributed by atoms with Crippen LogP contribution in [0.4, 0.5) is 46.5 Å². The molecule has 0 radical (unpaired) electrons. The van der Waals surface area contributed by atoms with Crippen molar-refractivity contribution in [2.45, 2.75) is 18.6 Å². The molecule has 0 aliphatic carbocycles. The molecule has 0 aromatic heterocycles. The average molecular weight is 358 g/mol. The number of phenolic OH excluding ortho intramolecular Hbond substituents is 2. The van der Waals surface area contributed by atoms with Gasteiger partial charge in [-0.15, -0.1) is 13.2 Å². The first-order valence-corrected chi connectivity index (χ1v) is 5.10. The van der Waals surface area contributed by atoms with Crippen LogP contribution >= 0.6 is 0 Å². The van der Waals surface area contributed by atoms with Crippen molar-refractivity contribution in [3.63, 3.8) is 0 Å². The lowest BCUT2D eigenvalue weighted by Gasteiger charge is -2.23. The number of hydrogen-bond donors (Lipinski definition) is 4. The second-order valence-electron chi connectivity index (χ2n) is 3.85. The van der Waals surface area contributed by atoms with Crippen molar-refractivity contribution in [2.24, 2.45) is 0 Å². The fourth-order valence-corrected chi connectivity index (χ4v) is 1.23. The van der Waals surface area contributed by atoms with Crippen LogP contribution in [0.3, 0.4) is 0 Å². The zero-order valence-electron chi connectivity index (χ0n) is 10.4. The molecule has 0 saturated heterocycles. The van der Waals surface area contributed by atoms with Gasteiger partial charge in [0, 0.05) is 0 Å². The summed E-state index contributed by atoms with van der Waals surface area (Å²) in [5.41, 5.74) is 6.74. The number of nitrogens with two attached hydrogens (primary N) is 2. The number of nitrogen functional groups attached to an aromatic ring is 2. The van der Waals surface area contributed by atoms with E-state index in [2.05, 4.69) is 9.47 Å². The first kappa shape index (κ1) is 18.5. The molecule has 6 nitrogen and oxygen atoms in total. The van der Waals surface area contributed by atoms with Crippen LogP contribution in [-0.2, 0) is 0 Å². The Morgan fingerprint density at radius 1 is 0.696 bits per heavy atom. The first-order chi connectivity index (χ1) is 10.1. The molecule has 0 amide bonds. The average Bonchev–Trinajstić information content (AvgIpc) is 2.35. The molecule has 1 rings (SSSR count). The van der Waals surface area contributed by atoms with Gasteiger partial charge in [-0.25, -0.2) is 0 Å². The Morgan fingerprint density at radius 3 is 1.39 bits per heavy atom. The molecule has 0 heterocycles. The topological polar surface area (TPSA) is 111 Å². The molecular formula is C9H6F8N2O4. The molecule has 6 N–H and O–H groups in total. The number of phenols is 2. The predicted molar refractivity (Wildman–Crippen MR) is 56.9 cm³/mol. The van der Waals surface area contributed by atoms with Crippen LogP contribution in [0, 0.1) is 0 Å². The van der Waals surface area contributed by atoms with Crippen LogP contribution in [0.1, 0.15) is 0 Å². The van der Waals surface area contributed by atoms with E-state index in [1.165, 1.54) is 0 Å². The Bertz CT molecular complexity index is 584. The molecule has 0 aliphatic rings. The van der Waals surface area contributed by atoms with Gasteiger partial charge in [-0.1, -0.05) is 0 Å². The van der Waals surface area contributed by atoms with E-state index >= 15 is 0 Å². The van der Waals surface area contributed by atoms with Gasteiger partial charge in [0.05, 0.1) is 0 Å². The maximum absolute atomic E-state index is 12.8. The van der Waals surface area contributed by atoms with Crippen LogP contribution in [-0.4, -0.2) is 28.9 Å². The van der Waals surface area contributed by atoms with Crippen LogP contribution in [0.2, 0.25) is 0 Å². The normalized spacial score (nSPS) is 13.0. The van der Waals surface area contributed by atoms with Crippen molar-refractivity contribution in [1.82, 2.24) is 0 Å². The number of ether oxygens (including phenoxy) is 2. The van der Waals surface area contributed by atoms with Crippen molar-refractivity contribution >= 4 is 11.4 Å². The number of rotatable bonds is 3. The molecule has 0 atom stereocenters. The maximum atomic E-state index is 12.8. The highest BCUT2D eigenvalue weighted by Gasteiger charge is 2.61. The van der Waals surface area contributed by atoms with E-state index in [-0.39, 0.29) is 0 Å². The highest BCUT2D eigenvalue weighted by atomic mass is 19.4. The molecule has 0 unspecified atom stereocenters. The molecule has 0 spiro atoms. The molecule has 0 bridgehead atoms. The van der Waals surface area contributed by atoms with Crippen molar-refractivity contribution in [1.29, 1.82) is 0 Å². The van der Waals surface area contributed by atoms with E-state index in [0.717, 1.165) is 0 Å². The molecule has 132 valence electrons. The second kappa shape index (κ2) is 5.27. The van der Waals surface area contributed by atoms with Gasteiger partial charge >= 0.3 is 18.6 Å². The van der Waals surface area contributed by atoms with Crippen LogP contribution in [0.15, 0.2) is 0 Å².